The molecule has 0 amide bonds. The van der Waals surface area contributed by atoms with E-state index < -0.39 is 0 Å². The van der Waals surface area contributed by atoms with Gasteiger partial charge in [0, 0.05) is 35.6 Å². The number of nitrogens with zero attached hydrogens (tertiary/aromatic N) is 4. The molecule has 0 fully saturated rings. The summed E-state index contributed by atoms with van der Waals surface area (Å²) in [5.74, 6) is 1.40. The fourth-order valence-corrected chi connectivity index (χ4v) is 3.20. The van der Waals surface area contributed by atoms with Gasteiger partial charge >= 0.3 is 0 Å². The van der Waals surface area contributed by atoms with E-state index in [1.54, 1.807) is 17.5 Å². The highest BCUT2D eigenvalue weighted by molar-refractivity contribution is 7.09. The lowest BCUT2D eigenvalue weighted by Gasteiger charge is -2.12. The summed E-state index contributed by atoms with van der Waals surface area (Å²) in [5, 5.41) is 7.18. The predicted octanol–water partition coefficient (Wildman–Crippen LogP) is 4.27. The number of aromatic nitrogens is 4. The Labute approximate surface area is 137 Å². The third-order valence-corrected chi connectivity index (χ3v) is 4.64. The first-order valence-corrected chi connectivity index (χ1v) is 8.15. The summed E-state index contributed by atoms with van der Waals surface area (Å²) in [6.07, 6.45) is 5.52. The SMILES string of the molecule is C[C@@H](c1nccs1)n1ccnc1-c1cc(-c2ccccc2)no1. The van der Waals surface area contributed by atoms with E-state index in [1.807, 2.05) is 58.7 Å². The van der Waals surface area contributed by atoms with Gasteiger partial charge in [0.2, 0.25) is 5.76 Å². The number of hydrogen-bond donors (Lipinski definition) is 0. The molecule has 6 heteroatoms. The first-order chi connectivity index (χ1) is 11.3. The van der Waals surface area contributed by atoms with E-state index in [-0.39, 0.29) is 6.04 Å². The Bertz CT molecular complexity index is 896. The van der Waals surface area contributed by atoms with Gasteiger partial charge in [-0.2, -0.15) is 0 Å². The quantitative estimate of drug-likeness (QED) is 0.563. The number of thiazole rings is 1. The molecule has 4 aromatic rings. The number of rotatable bonds is 4. The van der Waals surface area contributed by atoms with Gasteiger partial charge in [-0.3, -0.25) is 0 Å². The molecule has 0 spiro atoms. The van der Waals surface area contributed by atoms with Crippen LogP contribution in [0.3, 0.4) is 0 Å². The van der Waals surface area contributed by atoms with Crippen molar-refractivity contribution in [1.82, 2.24) is 19.7 Å². The number of imidazole rings is 1. The molecule has 23 heavy (non-hydrogen) atoms. The molecule has 0 aliphatic rings. The highest BCUT2D eigenvalue weighted by Gasteiger charge is 2.18. The number of hydrogen-bond acceptors (Lipinski definition) is 5. The van der Waals surface area contributed by atoms with Gasteiger partial charge in [-0.25, -0.2) is 9.97 Å². The van der Waals surface area contributed by atoms with Gasteiger partial charge in [-0.15, -0.1) is 11.3 Å². The van der Waals surface area contributed by atoms with Crippen molar-refractivity contribution in [3.63, 3.8) is 0 Å². The highest BCUT2D eigenvalue weighted by Crippen LogP contribution is 2.29. The zero-order valence-corrected chi connectivity index (χ0v) is 13.3. The van der Waals surface area contributed by atoms with E-state index in [1.165, 1.54) is 0 Å². The van der Waals surface area contributed by atoms with Gasteiger partial charge in [-0.1, -0.05) is 35.5 Å². The van der Waals surface area contributed by atoms with Crippen LogP contribution in [-0.2, 0) is 0 Å². The molecule has 3 heterocycles. The molecule has 0 saturated carbocycles. The van der Waals surface area contributed by atoms with Crippen molar-refractivity contribution in [3.8, 4) is 22.8 Å². The normalized spacial score (nSPS) is 12.4. The van der Waals surface area contributed by atoms with Gasteiger partial charge in [-0.05, 0) is 6.92 Å². The van der Waals surface area contributed by atoms with Crippen LogP contribution in [0.4, 0.5) is 0 Å². The zero-order chi connectivity index (χ0) is 15.6. The minimum absolute atomic E-state index is 0.0952. The van der Waals surface area contributed by atoms with Crippen molar-refractivity contribution in [2.24, 2.45) is 0 Å². The van der Waals surface area contributed by atoms with Gasteiger partial charge < -0.3 is 9.09 Å². The summed E-state index contributed by atoms with van der Waals surface area (Å²) in [6.45, 7) is 2.10. The number of benzene rings is 1. The molecule has 4 rings (SSSR count). The van der Waals surface area contributed by atoms with E-state index in [0.717, 1.165) is 22.1 Å². The second-order valence-electron chi connectivity index (χ2n) is 5.15. The monoisotopic (exact) mass is 322 g/mol. The Morgan fingerprint density at radius 2 is 2.00 bits per heavy atom. The average Bonchev–Trinajstić information content (AvgIpc) is 3.35. The zero-order valence-electron chi connectivity index (χ0n) is 12.5. The van der Waals surface area contributed by atoms with E-state index >= 15 is 0 Å². The van der Waals surface area contributed by atoms with Crippen LogP contribution >= 0.6 is 11.3 Å². The van der Waals surface area contributed by atoms with E-state index in [2.05, 4.69) is 22.0 Å². The summed E-state index contributed by atoms with van der Waals surface area (Å²) < 4.78 is 7.57. The molecule has 0 N–H and O–H groups in total. The second-order valence-corrected chi connectivity index (χ2v) is 6.07. The molecule has 1 aromatic carbocycles. The molecule has 0 aliphatic heterocycles. The molecular formula is C17H14N4OS. The Balaban J connectivity index is 1.70. The molecule has 0 saturated heterocycles. The van der Waals surface area contributed by atoms with Gasteiger partial charge in [0.15, 0.2) is 5.82 Å². The molecule has 1 atom stereocenters. The Morgan fingerprint density at radius 3 is 2.78 bits per heavy atom. The van der Waals surface area contributed by atoms with Crippen LogP contribution in [0.2, 0.25) is 0 Å². The van der Waals surface area contributed by atoms with Crippen LogP contribution in [0.5, 0.6) is 0 Å². The fraction of sp³-hybridized carbons (Fsp3) is 0.118. The third kappa shape index (κ3) is 2.57. The van der Waals surface area contributed by atoms with Crippen molar-refractivity contribution in [1.29, 1.82) is 0 Å². The third-order valence-electron chi connectivity index (χ3n) is 3.69. The van der Waals surface area contributed by atoms with Crippen LogP contribution in [0.1, 0.15) is 18.0 Å². The van der Waals surface area contributed by atoms with Crippen LogP contribution in [0, 0.1) is 0 Å². The first-order valence-electron chi connectivity index (χ1n) is 7.27. The van der Waals surface area contributed by atoms with Crippen LogP contribution in [0.25, 0.3) is 22.8 Å². The molecule has 0 unspecified atom stereocenters. The van der Waals surface area contributed by atoms with Crippen molar-refractivity contribution in [2.45, 2.75) is 13.0 Å². The lowest BCUT2D eigenvalue weighted by atomic mass is 10.1. The fourth-order valence-electron chi connectivity index (χ4n) is 2.50. The summed E-state index contributed by atoms with van der Waals surface area (Å²) in [7, 11) is 0. The predicted molar refractivity (Wildman–Crippen MR) is 89.1 cm³/mol. The van der Waals surface area contributed by atoms with Crippen LogP contribution < -0.4 is 0 Å². The van der Waals surface area contributed by atoms with Crippen molar-refractivity contribution in [2.75, 3.05) is 0 Å². The van der Waals surface area contributed by atoms with E-state index in [4.69, 9.17) is 4.52 Å². The minimum atomic E-state index is 0.0952. The van der Waals surface area contributed by atoms with Gasteiger partial charge in [0.05, 0.1) is 6.04 Å². The Kier molecular flexibility index (Phi) is 3.51. The molecular weight excluding hydrogens is 308 g/mol. The summed E-state index contributed by atoms with van der Waals surface area (Å²) in [4.78, 5) is 8.81. The van der Waals surface area contributed by atoms with Gasteiger partial charge in [0.1, 0.15) is 10.7 Å². The second kappa shape index (κ2) is 5.81. The summed E-state index contributed by atoms with van der Waals surface area (Å²) >= 11 is 1.63. The topological polar surface area (TPSA) is 56.7 Å². The standard InChI is InChI=1S/C17H14N4OS/c1-12(17-19-8-10-23-17)21-9-7-18-16(21)15-11-14(20-22-15)13-5-3-2-4-6-13/h2-12H,1H3/t12-/m0/s1. The van der Waals surface area contributed by atoms with Crippen LogP contribution in [0.15, 0.2) is 64.9 Å². The Morgan fingerprint density at radius 1 is 1.13 bits per heavy atom. The Hall–Kier alpha value is -2.73. The first kappa shape index (κ1) is 13.9. The van der Waals surface area contributed by atoms with Crippen LogP contribution in [-0.4, -0.2) is 19.7 Å². The van der Waals surface area contributed by atoms with Crippen molar-refractivity contribution in [3.05, 3.63) is 65.4 Å². The smallest absolute Gasteiger partial charge is 0.202 e. The lowest BCUT2D eigenvalue weighted by molar-refractivity contribution is 0.428. The molecule has 3 aromatic heterocycles. The molecule has 0 bridgehead atoms. The summed E-state index contributed by atoms with van der Waals surface area (Å²) in [6, 6.07) is 12.0. The van der Waals surface area contributed by atoms with E-state index in [0.29, 0.717) is 5.76 Å². The minimum Gasteiger partial charge on any atom is -0.352 e. The molecule has 0 aliphatic carbocycles. The van der Waals surface area contributed by atoms with Crippen molar-refractivity contribution < 1.29 is 4.52 Å². The maximum absolute atomic E-state index is 5.52. The maximum Gasteiger partial charge on any atom is 0.202 e. The molecule has 114 valence electrons. The molecule has 5 nitrogen and oxygen atoms in total. The highest BCUT2D eigenvalue weighted by atomic mass is 32.1. The van der Waals surface area contributed by atoms with Gasteiger partial charge in [0.25, 0.3) is 0 Å². The summed E-state index contributed by atoms with van der Waals surface area (Å²) in [5.41, 5.74) is 1.82. The maximum atomic E-state index is 5.52. The average molecular weight is 322 g/mol. The largest absolute Gasteiger partial charge is 0.352 e. The van der Waals surface area contributed by atoms with E-state index in [9.17, 15) is 0 Å². The van der Waals surface area contributed by atoms with Crippen molar-refractivity contribution >= 4 is 11.3 Å². The lowest BCUT2D eigenvalue weighted by Crippen LogP contribution is -2.06. The molecule has 0 radical (unpaired) electrons.